The number of carbonyl (C=O) groups is 2. The van der Waals surface area contributed by atoms with Gasteiger partial charge in [-0.15, -0.1) is 0 Å². The summed E-state index contributed by atoms with van der Waals surface area (Å²) in [5, 5.41) is 12.6. The Hall–Kier alpha value is -3.14. The second kappa shape index (κ2) is 5.33. The first-order valence-electron chi connectivity index (χ1n) is 6.70. The van der Waals surface area contributed by atoms with Gasteiger partial charge in [0.2, 0.25) is 6.54 Å². The monoisotopic (exact) mass is 296 g/mol. The average molecular weight is 296 g/mol. The standard InChI is InChI=1S/C15H12N4O3/c1-16-5-3-7-19-8-10(9-4-2-6-17-13(9)19)11-12(20)15(22)18-14(11)21/h2,4,6,8H,3,5,7H2,(H2,18,20,21,22). The van der Waals surface area contributed by atoms with E-state index in [-0.39, 0.29) is 5.57 Å². The van der Waals surface area contributed by atoms with Gasteiger partial charge in [0.15, 0.2) is 5.76 Å². The number of nitrogens with zero attached hydrogens (tertiary/aromatic N) is 3. The minimum Gasteiger partial charge on any atom is -0.502 e. The van der Waals surface area contributed by atoms with E-state index in [4.69, 9.17) is 6.57 Å². The summed E-state index contributed by atoms with van der Waals surface area (Å²) in [7, 11) is 0. The lowest BCUT2D eigenvalue weighted by Gasteiger charge is -2.00. The van der Waals surface area contributed by atoms with E-state index in [1.807, 2.05) is 4.57 Å². The van der Waals surface area contributed by atoms with Crippen LogP contribution >= 0.6 is 0 Å². The number of amides is 2. The molecule has 2 amide bonds. The van der Waals surface area contributed by atoms with Gasteiger partial charge >= 0.3 is 0 Å². The molecule has 110 valence electrons. The number of hydrogen-bond acceptors (Lipinski definition) is 4. The quantitative estimate of drug-likeness (QED) is 0.505. The van der Waals surface area contributed by atoms with Gasteiger partial charge in [0.05, 0.1) is 5.57 Å². The maximum Gasteiger partial charge on any atom is 0.293 e. The molecule has 2 N–H and O–H groups in total. The molecule has 7 heteroatoms. The van der Waals surface area contributed by atoms with Gasteiger partial charge in [-0.3, -0.25) is 14.9 Å². The second-order valence-electron chi connectivity index (χ2n) is 4.85. The Balaban J connectivity index is 2.13. The largest absolute Gasteiger partial charge is 0.502 e. The maximum atomic E-state index is 11.9. The second-order valence-corrected chi connectivity index (χ2v) is 4.85. The molecule has 0 saturated carbocycles. The predicted octanol–water partition coefficient (Wildman–Crippen LogP) is 1.27. The number of hydrogen-bond donors (Lipinski definition) is 2. The van der Waals surface area contributed by atoms with E-state index in [0.29, 0.717) is 36.1 Å². The van der Waals surface area contributed by atoms with Crippen molar-refractivity contribution in [1.82, 2.24) is 14.9 Å². The van der Waals surface area contributed by atoms with Crippen LogP contribution in [0, 0.1) is 6.57 Å². The first-order valence-corrected chi connectivity index (χ1v) is 6.70. The molecule has 7 nitrogen and oxygen atoms in total. The summed E-state index contributed by atoms with van der Waals surface area (Å²) in [5.41, 5.74) is 1.08. The van der Waals surface area contributed by atoms with E-state index in [2.05, 4.69) is 15.1 Å². The van der Waals surface area contributed by atoms with Crippen LogP contribution < -0.4 is 5.32 Å². The molecule has 2 aromatic rings. The first-order chi connectivity index (χ1) is 10.6. The van der Waals surface area contributed by atoms with Crippen molar-refractivity contribution in [3.05, 3.63) is 47.3 Å². The fourth-order valence-electron chi connectivity index (χ4n) is 2.51. The smallest absolute Gasteiger partial charge is 0.293 e. The molecule has 3 rings (SSSR count). The van der Waals surface area contributed by atoms with E-state index >= 15 is 0 Å². The van der Waals surface area contributed by atoms with Gasteiger partial charge < -0.3 is 14.5 Å². The van der Waals surface area contributed by atoms with Gasteiger partial charge in [0.1, 0.15) is 5.65 Å². The van der Waals surface area contributed by atoms with Crippen LogP contribution in [-0.2, 0) is 16.1 Å². The molecular weight excluding hydrogens is 284 g/mol. The number of nitrogens with one attached hydrogen (secondary N) is 1. The molecule has 1 aliphatic rings. The van der Waals surface area contributed by atoms with E-state index in [0.717, 1.165) is 0 Å². The minimum atomic E-state index is -0.794. The third-order valence-corrected chi connectivity index (χ3v) is 3.48. The molecule has 22 heavy (non-hydrogen) atoms. The zero-order valence-corrected chi connectivity index (χ0v) is 11.5. The number of aryl methyl sites for hydroxylation is 1. The third-order valence-electron chi connectivity index (χ3n) is 3.48. The Morgan fingerprint density at radius 3 is 2.86 bits per heavy atom. The highest BCUT2D eigenvalue weighted by molar-refractivity contribution is 6.36. The number of fused-ring (bicyclic) bond motifs is 1. The minimum absolute atomic E-state index is 0.0353. The fraction of sp³-hybridized carbons (Fsp3) is 0.200. The van der Waals surface area contributed by atoms with Gasteiger partial charge in [-0.25, -0.2) is 11.6 Å². The van der Waals surface area contributed by atoms with Crippen LogP contribution in [0.1, 0.15) is 12.0 Å². The highest BCUT2D eigenvalue weighted by Gasteiger charge is 2.33. The molecule has 2 aromatic heterocycles. The molecule has 0 unspecified atom stereocenters. The Kier molecular flexibility index (Phi) is 3.35. The van der Waals surface area contributed by atoms with Crippen molar-refractivity contribution in [3.8, 4) is 0 Å². The van der Waals surface area contributed by atoms with Crippen molar-refractivity contribution in [2.45, 2.75) is 13.0 Å². The van der Waals surface area contributed by atoms with Crippen LogP contribution in [0.25, 0.3) is 21.5 Å². The molecule has 0 aromatic carbocycles. The van der Waals surface area contributed by atoms with Crippen LogP contribution in [-0.4, -0.2) is 33.0 Å². The van der Waals surface area contributed by atoms with Crippen molar-refractivity contribution < 1.29 is 14.7 Å². The number of pyridine rings is 1. The molecule has 0 saturated heterocycles. The summed E-state index contributed by atoms with van der Waals surface area (Å²) in [5.74, 6) is -1.99. The summed E-state index contributed by atoms with van der Waals surface area (Å²) in [6.45, 7) is 7.78. The number of aliphatic hydroxyl groups excluding tert-OH is 1. The lowest BCUT2D eigenvalue weighted by atomic mass is 10.1. The zero-order chi connectivity index (χ0) is 15.7. The number of carbonyl (C=O) groups excluding carboxylic acids is 2. The van der Waals surface area contributed by atoms with Gasteiger partial charge in [0, 0.05) is 36.3 Å². The normalized spacial score (nSPS) is 14.5. The summed E-state index contributed by atoms with van der Waals surface area (Å²) in [6, 6.07) is 3.50. The molecule has 0 fully saturated rings. The van der Waals surface area contributed by atoms with Gasteiger partial charge in [0.25, 0.3) is 11.8 Å². The number of imide groups is 1. The number of rotatable bonds is 4. The number of aromatic nitrogens is 2. The summed E-state index contributed by atoms with van der Waals surface area (Å²) in [4.78, 5) is 30.9. The Morgan fingerprint density at radius 1 is 1.36 bits per heavy atom. The summed E-state index contributed by atoms with van der Waals surface area (Å²) >= 11 is 0. The maximum absolute atomic E-state index is 11.9. The highest BCUT2D eigenvalue weighted by atomic mass is 16.3. The molecule has 0 atom stereocenters. The summed E-state index contributed by atoms with van der Waals surface area (Å²) < 4.78 is 1.83. The molecule has 0 radical (unpaired) electrons. The molecule has 3 heterocycles. The Labute approximate surface area is 125 Å². The van der Waals surface area contributed by atoms with Crippen molar-refractivity contribution in [2.24, 2.45) is 0 Å². The van der Waals surface area contributed by atoms with Crippen LogP contribution in [0.3, 0.4) is 0 Å². The van der Waals surface area contributed by atoms with Crippen LogP contribution in [0.4, 0.5) is 0 Å². The Morgan fingerprint density at radius 2 is 2.18 bits per heavy atom. The Bertz CT molecular complexity index is 857. The number of aliphatic hydroxyl groups is 1. The van der Waals surface area contributed by atoms with E-state index < -0.39 is 17.6 Å². The third kappa shape index (κ3) is 2.11. The SMILES string of the molecule is [C-]#[N+]CCCn1cc(C2=C(O)C(=O)NC2=O)c2cccnc21. The van der Waals surface area contributed by atoms with Gasteiger partial charge in [-0.1, -0.05) is 0 Å². The van der Waals surface area contributed by atoms with E-state index in [9.17, 15) is 14.7 Å². The van der Waals surface area contributed by atoms with Crippen LogP contribution in [0.5, 0.6) is 0 Å². The predicted molar refractivity (Wildman–Crippen MR) is 78.5 cm³/mol. The van der Waals surface area contributed by atoms with Crippen molar-refractivity contribution in [1.29, 1.82) is 0 Å². The van der Waals surface area contributed by atoms with E-state index in [1.54, 1.807) is 24.5 Å². The molecular formula is C15H12N4O3. The van der Waals surface area contributed by atoms with Gasteiger partial charge in [-0.05, 0) is 12.1 Å². The van der Waals surface area contributed by atoms with Crippen LogP contribution in [0.2, 0.25) is 0 Å². The molecule has 0 aliphatic carbocycles. The zero-order valence-electron chi connectivity index (χ0n) is 11.5. The topological polar surface area (TPSA) is 88.6 Å². The molecule has 0 spiro atoms. The van der Waals surface area contributed by atoms with Crippen molar-refractivity contribution >= 4 is 28.4 Å². The highest BCUT2D eigenvalue weighted by Crippen LogP contribution is 2.30. The van der Waals surface area contributed by atoms with Crippen LogP contribution in [0.15, 0.2) is 30.3 Å². The average Bonchev–Trinajstić information content (AvgIpc) is 2.98. The lowest BCUT2D eigenvalue weighted by Crippen LogP contribution is -2.22. The first kappa shape index (κ1) is 13.8. The van der Waals surface area contributed by atoms with E-state index in [1.165, 1.54) is 0 Å². The molecule has 1 aliphatic heterocycles. The fourth-order valence-corrected chi connectivity index (χ4v) is 2.51. The van der Waals surface area contributed by atoms with Gasteiger partial charge in [-0.2, -0.15) is 0 Å². The lowest BCUT2D eigenvalue weighted by molar-refractivity contribution is -0.124. The van der Waals surface area contributed by atoms with Crippen molar-refractivity contribution in [3.63, 3.8) is 0 Å². The van der Waals surface area contributed by atoms with Crippen molar-refractivity contribution in [2.75, 3.05) is 6.54 Å². The summed E-state index contributed by atoms with van der Waals surface area (Å²) in [6.07, 6.45) is 3.97. The molecule has 0 bridgehead atoms.